The van der Waals surface area contributed by atoms with Gasteiger partial charge in [-0.2, -0.15) is 5.10 Å². The fraction of sp³-hybridized carbons (Fsp3) is 0. The van der Waals surface area contributed by atoms with E-state index in [0.717, 1.165) is 10.2 Å². The molecule has 6 heteroatoms. The summed E-state index contributed by atoms with van der Waals surface area (Å²) in [5.41, 5.74) is 1.71. The van der Waals surface area contributed by atoms with E-state index in [9.17, 15) is 14.7 Å². The molecule has 2 aromatic carbocycles. The molecule has 3 aromatic rings. The second kappa shape index (κ2) is 5.14. The number of hydrogen-bond donors (Lipinski definition) is 1. The van der Waals surface area contributed by atoms with E-state index < -0.39 is 5.97 Å². The van der Waals surface area contributed by atoms with Crippen LogP contribution >= 0.6 is 15.9 Å². The van der Waals surface area contributed by atoms with E-state index in [4.69, 9.17) is 0 Å². The van der Waals surface area contributed by atoms with Crippen molar-refractivity contribution in [3.8, 4) is 5.69 Å². The average molecular weight is 345 g/mol. The van der Waals surface area contributed by atoms with Gasteiger partial charge in [0.1, 0.15) is 6.29 Å². The van der Waals surface area contributed by atoms with Crippen LogP contribution in [0.2, 0.25) is 0 Å². The highest BCUT2D eigenvalue weighted by Crippen LogP contribution is 2.24. The number of carbonyl (C=O) groups is 2. The van der Waals surface area contributed by atoms with Crippen molar-refractivity contribution in [2.24, 2.45) is 0 Å². The summed E-state index contributed by atoms with van der Waals surface area (Å²) in [4.78, 5) is 22.2. The molecule has 0 fully saturated rings. The van der Waals surface area contributed by atoms with E-state index in [1.54, 1.807) is 16.8 Å². The maximum atomic E-state index is 11.4. The van der Waals surface area contributed by atoms with Gasteiger partial charge in [-0.15, -0.1) is 0 Å². The third-order valence-electron chi connectivity index (χ3n) is 3.10. The van der Waals surface area contributed by atoms with Gasteiger partial charge >= 0.3 is 5.97 Å². The number of aromatic carboxylic acids is 1. The summed E-state index contributed by atoms with van der Waals surface area (Å²) in [5, 5.41) is 13.9. The number of halogens is 1. The summed E-state index contributed by atoms with van der Waals surface area (Å²) in [5.74, 6) is -1.13. The van der Waals surface area contributed by atoms with Crippen molar-refractivity contribution in [1.82, 2.24) is 9.78 Å². The van der Waals surface area contributed by atoms with E-state index in [0.29, 0.717) is 22.8 Å². The summed E-state index contributed by atoms with van der Waals surface area (Å²) in [7, 11) is 0. The second-order valence-corrected chi connectivity index (χ2v) is 5.36. The van der Waals surface area contributed by atoms with Gasteiger partial charge in [0, 0.05) is 15.4 Å². The second-order valence-electron chi connectivity index (χ2n) is 4.44. The van der Waals surface area contributed by atoms with Gasteiger partial charge in [-0.05, 0) is 36.4 Å². The summed E-state index contributed by atoms with van der Waals surface area (Å²) in [6, 6.07) is 12.2. The zero-order valence-electron chi connectivity index (χ0n) is 10.7. The van der Waals surface area contributed by atoms with Gasteiger partial charge in [0.15, 0.2) is 5.69 Å². The van der Waals surface area contributed by atoms with Gasteiger partial charge in [-0.3, -0.25) is 4.79 Å². The number of benzene rings is 2. The maximum Gasteiger partial charge on any atom is 0.357 e. The van der Waals surface area contributed by atoms with Crippen LogP contribution in [0.1, 0.15) is 20.8 Å². The summed E-state index contributed by atoms with van der Waals surface area (Å²) < 4.78 is 2.42. The number of rotatable bonds is 3. The minimum atomic E-state index is -1.13. The van der Waals surface area contributed by atoms with Crippen LogP contribution in [0.3, 0.4) is 0 Å². The van der Waals surface area contributed by atoms with Crippen LogP contribution in [-0.4, -0.2) is 27.1 Å². The molecule has 3 rings (SSSR count). The molecule has 0 radical (unpaired) electrons. The molecule has 0 unspecified atom stereocenters. The summed E-state index contributed by atoms with van der Waals surface area (Å²) in [6.07, 6.45) is 0.682. The Balaban J connectivity index is 2.33. The molecule has 0 bridgehead atoms. The van der Waals surface area contributed by atoms with Crippen LogP contribution in [0.5, 0.6) is 0 Å². The minimum Gasteiger partial charge on any atom is -0.476 e. The van der Waals surface area contributed by atoms with Gasteiger partial charge in [0.2, 0.25) is 0 Å². The Hall–Kier alpha value is -2.47. The van der Waals surface area contributed by atoms with Crippen LogP contribution in [0.4, 0.5) is 0 Å². The lowest BCUT2D eigenvalue weighted by Gasteiger charge is -2.03. The van der Waals surface area contributed by atoms with Gasteiger partial charge in [0.05, 0.1) is 11.2 Å². The number of carboxylic acids is 1. The number of carbonyl (C=O) groups excluding carboxylic acids is 1. The topological polar surface area (TPSA) is 72.2 Å². The van der Waals surface area contributed by atoms with Crippen molar-refractivity contribution in [1.29, 1.82) is 0 Å². The highest BCUT2D eigenvalue weighted by molar-refractivity contribution is 9.10. The lowest BCUT2D eigenvalue weighted by molar-refractivity contribution is 0.0692. The molecule has 0 amide bonds. The molecule has 0 spiro atoms. The van der Waals surface area contributed by atoms with Crippen molar-refractivity contribution >= 4 is 39.1 Å². The zero-order valence-corrected chi connectivity index (χ0v) is 12.2. The quantitative estimate of drug-likeness (QED) is 0.740. The van der Waals surface area contributed by atoms with Gasteiger partial charge in [0.25, 0.3) is 0 Å². The Morgan fingerprint density at radius 3 is 2.71 bits per heavy atom. The Morgan fingerprint density at radius 2 is 2.05 bits per heavy atom. The maximum absolute atomic E-state index is 11.4. The number of nitrogens with zero attached hydrogens (tertiary/aromatic N) is 2. The monoisotopic (exact) mass is 344 g/mol. The Morgan fingerprint density at radius 1 is 1.24 bits per heavy atom. The van der Waals surface area contributed by atoms with Crippen molar-refractivity contribution < 1.29 is 14.7 Å². The van der Waals surface area contributed by atoms with Crippen LogP contribution in [0.25, 0.3) is 16.6 Å². The molecule has 1 aromatic heterocycles. The molecule has 1 N–H and O–H groups in total. The number of fused-ring (bicyclic) bond motifs is 1. The largest absolute Gasteiger partial charge is 0.476 e. The fourth-order valence-corrected chi connectivity index (χ4v) is 2.56. The number of aldehydes is 1. The normalized spacial score (nSPS) is 10.7. The molecule has 1 heterocycles. The van der Waals surface area contributed by atoms with Crippen molar-refractivity contribution in [2.45, 2.75) is 0 Å². The van der Waals surface area contributed by atoms with E-state index in [-0.39, 0.29) is 5.69 Å². The Bertz CT molecular complexity index is 870. The molecule has 0 aliphatic carbocycles. The number of hydrogen-bond acceptors (Lipinski definition) is 3. The average Bonchev–Trinajstić information content (AvgIpc) is 2.86. The highest BCUT2D eigenvalue weighted by atomic mass is 79.9. The van der Waals surface area contributed by atoms with Gasteiger partial charge in [-0.25, -0.2) is 9.48 Å². The predicted molar refractivity (Wildman–Crippen MR) is 81.1 cm³/mol. The predicted octanol–water partition coefficient (Wildman–Crippen LogP) is 3.30. The Kier molecular flexibility index (Phi) is 3.31. The molecule has 0 aliphatic rings. The van der Waals surface area contributed by atoms with Crippen LogP contribution in [-0.2, 0) is 0 Å². The first-order valence-corrected chi connectivity index (χ1v) is 6.86. The first kappa shape index (κ1) is 13.5. The van der Waals surface area contributed by atoms with Crippen LogP contribution in [0.15, 0.2) is 46.9 Å². The van der Waals surface area contributed by atoms with Crippen LogP contribution in [0, 0.1) is 0 Å². The molecular weight excluding hydrogens is 336 g/mol. The lowest BCUT2D eigenvalue weighted by Crippen LogP contribution is -2.01. The lowest BCUT2D eigenvalue weighted by atomic mass is 10.1. The van der Waals surface area contributed by atoms with E-state index >= 15 is 0 Å². The molecule has 0 aliphatic heterocycles. The highest BCUT2D eigenvalue weighted by Gasteiger charge is 2.17. The van der Waals surface area contributed by atoms with E-state index in [1.165, 1.54) is 6.07 Å². The fourth-order valence-electron chi connectivity index (χ4n) is 2.17. The summed E-state index contributed by atoms with van der Waals surface area (Å²) in [6.45, 7) is 0. The third kappa shape index (κ3) is 2.34. The standard InChI is InChI=1S/C15H9BrN2O3/c16-10-2-1-3-11(7-10)18-13-5-4-9(8-19)6-12(13)14(17-18)15(20)21/h1-8H,(H,20,21). The molecule has 21 heavy (non-hydrogen) atoms. The SMILES string of the molecule is O=Cc1ccc2c(c1)c(C(=O)O)nn2-c1cccc(Br)c1. The molecule has 0 saturated heterocycles. The van der Waals surface area contributed by atoms with Gasteiger partial charge < -0.3 is 5.11 Å². The first-order valence-electron chi connectivity index (χ1n) is 6.07. The Labute approximate surface area is 127 Å². The van der Waals surface area contributed by atoms with E-state index in [1.807, 2.05) is 24.3 Å². The van der Waals surface area contributed by atoms with Crippen molar-refractivity contribution in [3.63, 3.8) is 0 Å². The molecule has 104 valence electrons. The zero-order chi connectivity index (χ0) is 15.0. The first-order chi connectivity index (χ1) is 10.1. The molecule has 0 saturated carbocycles. The summed E-state index contributed by atoms with van der Waals surface area (Å²) >= 11 is 3.38. The molecule has 0 atom stereocenters. The van der Waals surface area contributed by atoms with Crippen molar-refractivity contribution in [3.05, 3.63) is 58.2 Å². The van der Waals surface area contributed by atoms with E-state index in [2.05, 4.69) is 21.0 Å². The smallest absolute Gasteiger partial charge is 0.357 e. The van der Waals surface area contributed by atoms with Gasteiger partial charge in [-0.1, -0.05) is 22.0 Å². The molecular formula is C15H9BrN2O3. The van der Waals surface area contributed by atoms with Crippen molar-refractivity contribution in [2.75, 3.05) is 0 Å². The number of carboxylic acid groups (broad SMARTS) is 1. The minimum absolute atomic E-state index is 0.0753. The third-order valence-corrected chi connectivity index (χ3v) is 3.59. The number of aromatic nitrogens is 2. The van der Waals surface area contributed by atoms with Crippen LogP contribution < -0.4 is 0 Å². The molecule has 5 nitrogen and oxygen atoms in total.